The minimum absolute atomic E-state index is 0.209. The van der Waals surface area contributed by atoms with Crippen LogP contribution in [0.5, 0.6) is 0 Å². The molecule has 1 aliphatic rings. The molecule has 17 heavy (non-hydrogen) atoms. The first kappa shape index (κ1) is 13.0. The summed E-state index contributed by atoms with van der Waals surface area (Å²) in [6, 6.07) is 4.16. The van der Waals surface area contributed by atoms with E-state index < -0.39 is 0 Å². The number of rotatable bonds is 3. The highest BCUT2D eigenvalue weighted by Gasteiger charge is 2.31. The molecule has 0 radical (unpaired) electrons. The van der Waals surface area contributed by atoms with Gasteiger partial charge in [-0.25, -0.2) is 0 Å². The Morgan fingerprint density at radius 2 is 2.47 bits per heavy atom. The zero-order valence-corrected chi connectivity index (χ0v) is 12.1. The zero-order chi connectivity index (χ0) is 12.4. The molecule has 94 valence electrons. The van der Waals surface area contributed by atoms with Crippen molar-refractivity contribution in [3.05, 3.63) is 20.8 Å². The Kier molecular flexibility index (Phi) is 4.19. The maximum absolute atomic E-state index is 11.4. The van der Waals surface area contributed by atoms with E-state index in [2.05, 4.69) is 39.1 Å². The molecule has 2 atom stereocenters. The highest BCUT2D eigenvalue weighted by Crippen LogP contribution is 2.31. The van der Waals surface area contributed by atoms with Crippen LogP contribution in [0.25, 0.3) is 0 Å². The third-order valence-electron chi connectivity index (χ3n) is 3.12. The third kappa shape index (κ3) is 2.88. The number of hydrogen-bond acceptors (Lipinski definition) is 4. The summed E-state index contributed by atoms with van der Waals surface area (Å²) >= 11 is 5.17. The number of hydrogen-bond donors (Lipinski definition) is 2. The summed E-state index contributed by atoms with van der Waals surface area (Å²) in [5.74, 6) is -0.250. The predicted molar refractivity (Wildman–Crippen MR) is 73.0 cm³/mol. The van der Waals surface area contributed by atoms with Gasteiger partial charge in [0.05, 0.1) is 3.79 Å². The largest absolute Gasteiger partial charge is 0.368 e. The van der Waals surface area contributed by atoms with Gasteiger partial charge in [0.25, 0.3) is 0 Å². The lowest BCUT2D eigenvalue weighted by molar-refractivity contribution is -0.124. The number of nitrogens with one attached hydrogen (secondary N) is 1. The van der Waals surface area contributed by atoms with Gasteiger partial charge in [-0.05, 0) is 35.0 Å². The first-order valence-corrected chi connectivity index (χ1v) is 7.21. The molecule has 2 rings (SSSR count). The Morgan fingerprint density at radius 3 is 3.06 bits per heavy atom. The van der Waals surface area contributed by atoms with Gasteiger partial charge >= 0.3 is 0 Å². The lowest BCUT2D eigenvalue weighted by Gasteiger charge is -2.38. The Labute approximate surface area is 113 Å². The first-order valence-electron chi connectivity index (χ1n) is 5.60. The minimum Gasteiger partial charge on any atom is -0.368 e. The number of primary amides is 1. The van der Waals surface area contributed by atoms with Crippen LogP contribution in [-0.2, 0) is 4.79 Å². The van der Waals surface area contributed by atoms with E-state index in [0.717, 1.165) is 16.9 Å². The van der Waals surface area contributed by atoms with E-state index in [4.69, 9.17) is 5.73 Å². The Morgan fingerprint density at radius 1 is 1.71 bits per heavy atom. The molecule has 1 amide bonds. The Bertz CT molecular complexity index is 409. The van der Waals surface area contributed by atoms with Crippen molar-refractivity contribution in [3.8, 4) is 0 Å². The Balaban J connectivity index is 2.16. The highest BCUT2D eigenvalue weighted by molar-refractivity contribution is 9.11. The van der Waals surface area contributed by atoms with Crippen molar-refractivity contribution in [2.24, 2.45) is 5.73 Å². The number of piperazine rings is 1. The fourth-order valence-corrected chi connectivity index (χ4v) is 3.66. The Hall–Kier alpha value is -0.430. The number of nitrogens with two attached hydrogens (primary N) is 1. The van der Waals surface area contributed by atoms with Crippen molar-refractivity contribution in [2.75, 3.05) is 19.6 Å². The molecule has 1 fully saturated rings. The van der Waals surface area contributed by atoms with Gasteiger partial charge in [0.2, 0.25) is 5.91 Å². The summed E-state index contributed by atoms with van der Waals surface area (Å²) in [6.45, 7) is 4.52. The van der Waals surface area contributed by atoms with Gasteiger partial charge in [-0.1, -0.05) is 0 Å². The van der Waals surface area contributed by atoms with Crippen molar-refractivity contribution in [1.29, 1.82) is 0 Å². The molecule has 3 N–H and O–H groups in total. The van der Waals surface area contributed by atoms with E-state index >= 15 is 0 Å². The van der Waals surface area contributed by atoms with Crippen molar-refractivity contribution in [1.82, 2.24) is 10.2 Å². The molecule has 2 unspecified atom stereocenters. The quantitative estimate of drug-likeness (QED) is 0.884. The molecule has 2 heterocycles. The molecule has 1 aromatic rings. The number of amides is 1. The molecule has 1 saturated heterocycles. The van der Waals surface area contributed by atoms with Crippen molar-refractivity contribution in [2.45, 2.75) is 19.0 Å². The second-order valence-corrected chi connectivity index (χ2v) is 6.67. The third-order valence-corrected chi connectivity index (χ3v) is 4.91. The second-order valence-electron chi connectivity index (χ2n) is 4.18. The van der Waals surface area contributed by atoms with E-state index in [0.29, 0.717) is 6.54 Å². The van der Waals surface area contributed by atoms with Crippen molar-refractivity contribution < 1.29 is 4.79 Å². The minimum atomic E-state index is -0.250. The molecule has 1 aliphatic heterocycles. The van der Waals surface area contributed by atoms with Gasteiger partial charge < -0.3 is 11.1 Å². The van der Waals surface area contributed by atoms with Gasteiger partial charge in [-0.15, -0.1) is 11.3 Å². The molecule has 0 bridgehead atoms. The summed E-state index contributed by atoms with van der Waals surface area (Å²) in [5, 5.41) is 3.21. The van der Waals surface area contributed by atoms with Gasteiger partial charge in [0.1, 0.15) is 6.04 Å². The van der Waals surface area contributed by atoms with Gasteiger partial charge in [-0.2, -0.15) is 0 Å². The summed E-state index contributed by atoms with van der Waals surface area (Å²) in [4.78, 5) is 14.9. The molecule has 0 aromatic carbocycles. The number of carbonyl (C=O) groups excluding carboxylic acids is 1. The van der Waals surface area contributed by atoms with Gasteiger partial charge in [0.15, 0.2) is 0 Å². The lowest BCUT2D eigenvalue weighted by Crippen LogP contribution is -2.57. The highest BCUT2D eigenvalue weighted by atomic mass is 79.9. The van der Waals surface area contributed by atoms with E-state index in [1.54, 1.807) is 11.3 Å². The standard InChI is InChI=1S/C11H16BrN3OS/c1-7(9-2-3-10(12)17-9)15-5-4-14-6-8(15)11(13)16/h2-3,7-8,14H,4-6H2,1H3,(H2,13,16). The molecule has 0 aliphatic carbocycles. The summed E-state index contributed by atoms with van der Waals surface area (Å²) in [7, 11) is 0. The monoisotopic (exact) mass is 317 g/mol. The van der Waals surface area contributed by atoms with Gasteiger partial charge in [0, 0.05) is 30.6 Å². The molecule has 4 nitrogen and oxygen atoms in total. The smallest absolute Gasteiger partial charge is 0.236 e. The normalized spacial score (nSPS) is 23.5. The summed E-state index contributed by atoms with van der Waals surface area (Å²) in [5.41, 5.74) is 5.45. The molecule has 0 saturated carbocycles. The topological polar surface area (TPSA) is 58.4 Å². The summed E-state index contributed by atoms with van der Waals surface area (Å²) in [6.07, 6.45) is 0. The number of halogens is 1. The molecule has 1 aromatic heterocycles. The van der Waals surface area contributed by atoms with Crippen LogP contribution in [0.4, 0.5) is 0 Å². The van der Waals surface area contributed by atoms with E-state index in [-0.39, 0.29) is 18.0 Å². The van der Waals surface area contributed by atoms with Crippen molar-refractivity contribution >= 4 is 33.2 Å². The van der Waals surface area contributed by atoms with Crippen LogP contribution >= 0.6 is 27.3 Å². The predicted octanol–water partition coefficient (Wildman–Crippen LogP) is 1.33. The zero-order valence-electron chi connectivity index (χ0n) is 9.65. The van der Waals surface area contributed by atoms with Crippen LogP contribution in [0, 0.1) is 0 Å². The number of carbonyl (C=O) groups is 1. The van der Waals surface area contributed by atoms with Crippen LogP contribution in [0.2, 0.25) is 0 Å². The van der Waals surface area contributed by atoms with E-state index in [1.165, 1.54) is 4.88 Å². The maximum atomic E-state index is 11.4. The molecular weight excluding hydrogens is 302 g/mol. The fraction of sp³-hybridized carbons (Fsp3) is 0.545. The molecular formula is C11H16BrN3OS. The molecule has 6 heteroatoms. The average Bonchev–Trinajstić information content (AvgIpc) is 2.75. The second kappa shape index (κ2) is 5.48. The van der Waals surface area contributed by atoms with E-state index in [1.807, 2.05) is 6.07 Å². The first-order chi connectivity index (χ1) is 8.09. The van der Waals surface area contributed by atoms with Crippen LogP contribution in [-0.4, -0.2) is 36.5 Å². The van der Waals surface area contributed by atoms with Gasteiger partial charge in [-0.3, -0.25) is 9.69 Å². The lowest BCUT2D eigenvalue weighted by atomic mass is 10.1. The number of nitrogens with zero attached hydrogens (tertiary/aromatic N) is 1. The molecule has 0 spiro atoms. The van der Waals surface area contributed by atoms with Crippen LogP contribution in [0.1, 0.15) is 17.8 Å². The fourth-order valence-electron chi connectivity index (χ4n) is 2.16. The SMILES string of the molecule is CC(c1ccc(Br)s1)N1CCNCC1C(N)=O. The summed E-state index contributed by atoms with van der Waals surface area (Å²) < 4.78 is 1.12. The van der Waals surface area contributed by atoms with Crippen LogP contribution in [0.15, 0.2) is 15.9 Å². The maximum Gasteiger partial charge on any atom is 0.236 e. The average molecular weight is 318 g/mol. The number of thiophene rings is 1. The van der Waals surface area contributed by atoms with Crippen molar-refractivity contribution in [3.63, 3.8) is 0 Å². The van der Waals surface area contributed by atoms with E-state index in [9.17, 15) is 4.79 Å². The van der Waals surface area contributed by atoms with Crippen LogP contribution < -0.4 is 11.1 Å². The van der Waals surface area contributed by atoms with Crippen LogP contribution in [0.3, 0.4) is 0 Å².